The molecule has 1 unspecified atom stereocenters. The van der Waals surface area contributed by atoms with Gasteiger partial charge in [0.1, 0.15) is 5.82 Å². The number of halogens is 1. The van der Waals surface area contributed by atoms with Crippen molar-refractivity contribution < 1.29 is 13.9 Å². The zero-order valence-electron chi connectivity index (χ0n) is 12.1. The van der Waals surface area contributed by atoms with Gasteiger partial charge in [0, 0.05) is 5.69 Å². The summed E-state index contributed by atoms with van der Waals surface area (Å²) >= 11 is 0. The maximum absolute atomic E-state index is 13.3. The van der Waals surface area contributed by atoms with Gasteiger partial charge < -0.3 is 10.1 Å². The summed E-state index contributed by atoms with van der Waals surface area (Å²) in [6.45, 7) is 2.02. The lowest BCUT2D eigenvalue weighted by molar-refractivity contribution is 0.0601. The molecular formula is C17H18FNO2. The Morgan fingerprint density at radius 1 is 1.24 bits per heavy atom. The van der Waals surface area contributed by atoms with E-state index in [1.165, 1.54) is 19.2 Å². The molecule has 0 radical (unpaired) electrons. The maximum atomic E-state index is 13.3. The molecule has 2 aromatic carbocycles. The van der Waals surface area contributed by atoms with Crippen molar-refractivity contribution in [3.8, 4) is 0 Å². The summed E-state index contributed by atoms with van der Waals surface area (Å²) in [6, 6.07) is 13.6. The van der Waals surface area contributed by atoms with E-state index in [0.29, 0.717) is 5.56 Å². The smallest absolute Gasteiger partial charge is 0.337 e. The number of benzene rings is 2. The number of hydrogen-bond donors (Lipinski definition) is 1. The Kier molecular flexibility index (Phi) is 4.93. The monoisotopic (exact) mass is 287 g/mol. The molecule has 2 aromatic rings. The minimum absolute atomic E-state index is 0.0198. The number of hydrogen-bond acceptors (Lipinski definition) is 3. The molecule has 4 heteroatoms. The number of nitrogens with one attached hydrogen (secondary N) is 1. The van der Waals surface area contributed by atoms with Crippen molar-refractivity contribution in [3.63, 3.8) is 0 Å². The first-order valence-electron chi connectivity index (χ1n) is 6.84. The van der Waals surface area contributed by atoms with E-state index in [0.717, 1.165) is 17.7 Å². The van der Waals surface area contributed by atoms with Crippen LogP contribution >= 0.6 is 0 Å². The van der Waals surface area contributed by atoms with Crippen LogP contribution in [0.4, 0.5) is 10.1 Å². The predicted octanol–water partition coefficient (Wildman–Crippen LogP) is 4.18. The minimum atomic E-state index is -0.377. The van der Waals surface area contributed by atoms with Crippen molar-refractivity contribution in [3.05, 3.63) is 65.5 Å². The van der Waals surface area contributed by atoms with E-state index in [9.17, 15) is 9.18 Å². The molecule has 0 saturated carbocycles. The number of esters is 1. The molecule has 1 N–H and O–H groups in total. The minimum Gasteiger partial charge on any atom is -0.465 e. The quantitative estimate of drug-likeness (QED) is 0.839. The average molecular weight is 287 g/mol. The molecule has 3 nitrogen and oxygen atoms in total. The van der Waals surface area contributed by atoms with Crippen LogP contribution < -0.4 is 5.32 Å². The van der Waals surface area contributed by atoms with Gasteiger partial charge in [-0.3, -0.25) is 0 Å². The zero-order chi connectivity index (χ0) is 15.2. The van der Waals surface area contributed by atoms with Crippen LogP contribution in [0, 0.1) is 5.82 Å². The molecule has 0 aliphatic rings. The van der Waals surface area contributed by atoms with Gasteiger partial charge in [-0.25, -0.2) is 9.18 Å². The maximum Gasteiger partial charge on any atom is 0.337 e. The van der Waals surface area contributed by atoms with E-state index in [2.05, 4.69) is 5.32 Å². The standard InChI is InChI=1S/C17H18FNO2/c1-3-16(12-6-4-8-14(18)10-12)19-15-9-5-7-13(11-15)17(20)21-2/h4-11,16,19H,3H2,1-2H3. The number of carbonyl (C=O) groups excluding carboxylic acids is 1. The zero-order valence-corrected chi connectivity index (χ0v) is 12.1. The van der Waals surface area contributed by atoms with E-state index in [1.807, 2.05) is 19.1 Å². The van der Waals surface area contributed by atoms with Gasteiger partial charge in [-0.15, -0.1) is 0 Å². The van der Waals surface area contributed by atoms with Gasteiger partial charge in [0.15, 0.2) is 0 Å². The lowest BCUT2D eigenvalue weighted by Crippen LogP contribution is -2.10. The highest BCUT2D eigenvalue weighted by atomic mass is 19.1. The summed E-state index contributed by atoms with van der Waals surface area (Å²) in [7, 11) is 1.35. The van der Waals surface area contributed by atoms with Crippen molar-refractivity contribution in [2.24, 2.45) is 0 Å². The second kappa shape index (κ2) is 6.88. The van der Waals surface area contributed by atoms with Gasteiger partial charge in [0.25, 0.3) is 0 Å². The summed E-state index contributed by atoms with van der Waals surface area (Å²) in [4.78, 5) is 11.5. The third-order valence-electron chi connectivity index (χ3n) is 3.28. The van der Waals surface area contributed by atoms with Crippen molar-refractivity contribution >= 4 is 11.7 Å². The lowest BCUT2D eigenvalue weighted by Gasteiger charge is -2.19. The average Bonchev–Trinajstić information content (AvgIpc) is 2.52. The molecule has 0 aliphatic carbocycles. The van der Waals surface area contributed by atoms with Crippen molar-refractivity contribution in [2.45, 2.75) is 19.4 Å². The molecule has 0 fully saturated rings. The second-order valence-electron chi connectivity index (χ2n) is 4.73. The van der Waals surface area contributed by atoms with Gasteiger partial charge in [0.2, 0.25) is 0 Å². The fourth-order valence-electron chi connectivity index (χ4n) is 2.20. The van der Waals surface area contributed by atoms with Crippen LogP contribution in [0.15, 0.2) is 48.5 Å². The molecule has 0 amide bonds. The van der Waals surface area contributed by atoms with Crippen LogP contribution in [-0.2, 0) is 4.74 Å². The summed E-state index contributed by atoms with van der Waals surface area (Å²) in [5, 5.41) is 3.32. The summed E-state index contributed by atoms with van der Waals surface area (Å²) in [6.07, 6.45) is 0.798. The first-order chi connectivity index (χ1) is 10.1. The number of anilines is 1. The Bertz CT molecular complexity index is 628. The molecule has 0 bridgehead atoms. The Morgan fingerprint density at radius 2 is 2.00 bits per heavy atom. The van der Waals surface area contributed by atoms with Crippen LogP contribution in [-0.4, -0.2) is 13.1 Å². The topological polar surface area (TPSA) is 38.3 Å². The molecule has 1 atom stereocenters. The highest BCUT2D eigenvalue weighted by Crippen LogP contribution is 2.23. The van der Waals surface area contributed by atoms with E-state index in [4.69, 9.17) is 4.74 Å². The van der Waals surface area contributed by atoms with Crippen LogP contribution in [0.2, 0.25) is 0 Å². The molecule has 110 valence electrons. The normalized spacial score (nSPS) is 11.8. The van der Waals surface area contributed by atoms with E-state index < -0.39 is 0 Å². The van der Waals surface area contributed by atoms with Crippen molar-refractivity contribution in [1.29, 1.82) is 0 Å². The number of methoxy groups -OCH3 is 1. The summed E-state index contributed by atoms with van der Waals surface area (Å²) < 4.78 is 18.0. The van der Waals surface area contributed by atoms with Gasteiger partial charge in [-0.1, -0.05) is 25.1 Å². The summed E-state index contributed by atoms with van der Waals surface area (Å²) in [5.41, 5.74) is 2.16. The lowest BCUT2D eigenvalue weighted by atomic mass is 10.0. The van der Waals surface area contributed by atoms with Crippen molar-refractivity contribution in [2.75, 3.05) is 12.4 Å². The third kappa shape index (κ3) is 3.81. The second-order valence-corrected chi connectivity index (χ2v) is 4.73. The third-order valence-corrected chi connectivity index (χ3v) is 3.28. The van der Waals surface area contributed by atoms with E-state index >= 15 is 0 Å². The largest absolute Gasteiger partial charge is 0.465 e. The van der Waals surface area contributed by atoms with Crippen LogP contribution in [0.25, 0.3) is 0 Å². The van der Waals surface area contributed by atoms with E-state index in [-0.39, 0.29) is 17.8 Å². The molecule has 0 aromatic heterocycles. The fraction of sp³-hybridized carbons (Fsp3) is 0.235. The first kappa shape index (κ1) is 15.0. The van der Waals surface area contributed by atoms with Crippen LogP contribution in [0.1, 0.15) is 35.3 Å². The Balaban J connectivity index is 2.21. The number of carbonyl (C=O) groups is 1. The first-order valence-corrected chi connectivity index (χ1v) is 6.84. The Labute approximate surface area is 123 Å². The number of rotatable bonds is 5. The Hall–Kier alpha value is -2.36. The predicted molar refractivity (Wildman–Crippen MR) is 80.8 cm³/mol. The molecular weight excluding hydrogens is 269 g/mol. The highest BCUT2D eigenvalue weighted by Gasteiger charge is 2.11. The SMILES string of the molecule is CCC(Nc1cccc(C(=O)OC)c1)c1cccc(F)c1. The van der Waals surface area contributed by atoms with Crippen LogP contribution in [0.5, 0.6) is 0 Å². The van der Waals surface area contributed by atoms with Gasteiger partial charge in [0.05, 0.1) is 18.7 Å². The molecule has 2 rings (SSSR count). The number of ether oxygens (including phenoxy) is 1. The molecule has 21 heavy (non-hydrogen) atoms. The van der Waals surface area contributed by atoms with Gasteiger partial charge in [-0.2, -0.15) is 0 Å². The van der Waals surface area contributed by atoms with Gasteiger partial charge in [-0.05, 0) is 42.3 Å². The molecule has 0 aliphatic heterocycles. The highest BCUT2D eigenvalue weighted by molar-refractivity contribution is 5.90. The molecule has 0 saturated heterocycles. The van der Waals surface area contributed by atoms with Gasteiger partial charge >= 0.3 is 5.97 Å². The van der Waals surface area contributed by atoms with Crippen molar-refractivity contribution in [1.82, 2.24) is 0 Å². The van der Waals surface area contributed by atoms with E-state index in [1.54, 1.807) is 24.3 Å². The molecule has 0 heterocycles. The Morgan fingerprint density at radius 3 is 2.67 bits per heavy atom. The molecule has 0 spiro atoms. The fourth-order valence-corrected chi connectivity index (χ4v) is 2.20. The summed E-state index contributed by atoms with van der Waals surface area (Å²) in [5.74, 6) is -0.631. The van der Waals surface area contributed by atoms with Crippen LogP contribution in [0.3, 0.4) is 0 Å².